The van der Waals surface area contributed by atoms with Gasteiger partial charge in [0.05, 0.1) is 10.5 Å². The van der Waals surface area contributed by atoms with Gasteiger partial charge in [0, 0.05) is 18.6 Å². The fourth-order valence-corrected chi connectivity index (χ4v) is 1.55. The Bertz CT molecular complexity index is 681. The van der Waals surface area contributed by atoms with Gasteiger partial charge in [-0.3, -0.25) is 10.1 Å². The second-order valence-corrected chi connectivity index (χ2v) is 3.99. The monoisotopic (exact) mass is 293 g/mol. The molecule has 2 aromatic rings. The van der Waals surface area contributed by atoms with E-state index in [1.807, 2.05) is 6.92 Å². The molecule has 1 aromatic heterocycles. The molecular weight excluding hydrogens is 282 g/mol. The van der Waals surface area contributed by atoms with Crippen molar-refractivity contribution in [3.63, 3.8) is 0 Å². The molecule has 0 radical (unpaired) electrons. The molecule has 0 bridgehead atoms. The zero-order valence-electron chi connectivity index (χ0n) is 11.0. The van der Waals surface area contributed by atoms with Crippen molar-refractivity contribution in [1.82, 2.24) is 10.1 Å². The van der Waals surface area contributed by atoms with Gasteiger partial charge in [-0.25, -0.2) is 4.79 Å². The van der Waals surface area contributed by atoms with E-state index in [-0.39, 0.29) is 29.5 Å². The van der Waals surface area contributed by atoms with E-state index in [1.165, 1.54) is 0 Å². The van der Waals surface area contributed by atoms with Crippen molar-refractivity contribution in [2.75, 3.05) is 0 Å². The lowest BCUT2D eigenvalue weighted by Crippen LogP contribution is -2.03. The highest BCUT2D eigenvalue weighted by Crippen LogP contribution is 2.28. The van der Waals surface area contributed by atoms with Crippen molar-refractivity contribution in [2.45, 2.75) is 20.0 Å². The number of carboxylic acids is 1. The van der Waals surface area contributed by atoms with Crippen molar-refractivity contribution in [2.24, 2.45) is 0 Å². The second kappa shape index (κ2) is 5.99. The van der Waals surface area contributed by atoms with Gasteiger partial charge in [0.2, 0.25) is 0 Å². The van der Waals surface area contributed by atoms with Crippen molar-refractivity contribution in [3.8, 4) is 5.75 Å². The Morgan fingerprint density at radius 1 is 1.52 bits per heavy atom. The van der Waals surface area contributed by atoms with Crippen molar-refractivity contribution in [3.05, 3.63) is 45.6 Å². The summed E-state index contributed by atoms with van der Waals surface area (Å²) in [6.07, 6.45) is 0.581. The summed E-state index contributed by atoms with van der Waals surface area (Å²) in [6, 6.07) is 3.29. The van der Waals surface area contributed by atoms with E-state index in [1.54, 1.807) is 0 Å². The number of nitro benzene ring substituents is 1. The van der Waals surface area contributed by atoms with Gasteiger partial charge < -0.3 is 14.4 Å². The highest BCUT2D eigenvalue weighted by atomic mass is 16.6. The maximum Gasteiger partial charge on any atom is 0.335 e. The molecule has 9 nitrogen and oxygen atoms in total. The predicted octanol–water partition coefficient (Wildman–Crippen LogP) is 1.82. The molecule has 0 saturated carbocycles. The van der Waals surface area contributed by atoms with Crippen LogP contribution in [-0.2, 0) is 13.0 Å². The molecule has 0 unspecified atom stereocenters. The molecule has 1 N–H and O–H groups in total. The van der Waals surface area contributed by atoms with Gasteiger partial charge in [0.15, 0.2) is 18.2 Å². The number of hydrogen-bond donors (Lipinski definition) is 1. The van der Waals surface area contributed by atoms with E-state index in [0.717, 1.165) is 18.2 Å². The molecule has 21 heavy (non-hydrogen) atoms. The molecule has 9 heteroatoms. The Hall–Kier alpha value is -2.97. The quantitative estimate of drug-likeness (QED) is 0.630. The maximum atomic E-state index is 10.9. The molecule has 0 amide bonds. The number of carboxylic acid groups (broad SMARTS) is 1. The molecule has 0 aliphatic carbocycles. The van der Waals surface area contributed by atoms with Gasteiger partial charge in [-0.2, -0.15) is 4.98 Å². The number of nitrogens with zero attached hydrogens (tertiary/aromatic N) is 3. The summed E-state index contributed by atoms with van der Waals surface area (Å²) in [5.41, 5.74) is -0.453. The summed E-state index contributed by atoms with van der Waals surface area (Å²) in [5, 5.41) is 23.4. The van der Waals surface area contributed by atoms with Crippen LogP contribution in [0.5, 0.6) is 5.75 Å². The van der Waals surface area contributed by atoms with E-state index >= 15 is 0 Å². The summed E-state index contributed by atoms with van der Waals surface area (Å²) >= 11 is 0. The minimum absolute atomic E-state index is 0.115. The fraction of sp³-hybridized carbons (Fsp3) is 0.250. The normalized spacial score (nSPS) is 10.3. The Balaban J connectivity index is 2.22. The minimum Gasteiger partial charge on any atom is -0.478 e. The van der Waals surface area contributed by atoms with Crippen LogP contribution < -0.4 is 4.74 Å². The van der Waals surface area contributed by atoms with Crippen LogP contribution in [-0.4, -0.2) is 26.1 Å². The molecule has 1 aromatic carbocycles. The first-order chi connectivity index (χ1) is 10.0. The molecular formula is C12H11N3O6. The van der Waals surface area contributed by atoms with Crippen LogP contribution in [0.1, 0.15) is 29.0 Å². The third-order valence-corrected chi connectivity index (χ3v) is 2.58. The smallest absolute Gasteiger partial charge is 0.335 e. The Morgan fingerprint density at radius 2 is 2.29 bits per heavy atom. The van der Waals surface area contributed by atoms with Crippen LogP contribution in [0.25, 0.3) is 0 Å². The molecule has 0 spiro atoms. The number of aryl methyl sites for hydroxylation is 1. The molecule has 1 heterocycles. The van der Waals surface area contributed by atoms with Gasteiger partial charge in [0.1, 0.15) is 0 Å². The van der Waals surface area contributed by atoms with Gasteiger partial charge >= 0.3 is 11.7 Å². The average molecular weight is 293 g/mol. The SMILES string of the molecule is CCc1noc(COc2cc(C(=O)O)ccc2[N+](=O)[O-])n1. The Morgan fingerprint density at radius 3 is 2.86 bits per heavy atom. The number of rotatable bonds is 6. The molecule has 0 aliphatic heterocycles. The van der Waals surface area contributed by atoms with Gasteiger partial charge in [-0.05, 0) is 6.07 Å². The zero-order chi connectivity index (χ0) is 15.4. The first kappa shape index (κ1) is 14.4. The number of aromatic nitrogens is 2. The van der Waals surface area contributed by atoms with Crippen LogP contribution >= 0.6 is 0 Å². The maximum absolute atomic E-state index is 10.9. The number of ether oxygens (including phenoxy) is 1. The van der Waals surface area contributed by atoms with Gasteiger partial charge in [-0.15, -0.1) is 0 Å². The molecule has 0 atom stereocenters. The van der Waals surface area contributed by atoms with E-state index in [2.05, 4.69) is 10.1 Å². The van der Waals surface area contributed by atoms with E-state index in [4.69, 9.17) is 14.4 Å². The fourth-order valence-electron chi connectivity index (χ4n) is 1.55. The van der Waals surface area contributed by atoms with Crippen molar-refractivity contribution < 1.29 is 24.1 Å². The number of carbonyl (C=O) groups is 1. The van der Waals surface area contributed by atoms with Crippen LogP contribution in [0.15, 0.2) is 22.7 Å². The molecule has 0 fully saturated rings. The third kappa shape index (κ3) is 3.32. The van der Waals surface area contributed by atoms with E-state index < -0.39 is 10.9 Å². The standard InChI is InChI=1S/C12H11N3O6/c1-2-10-13-11(21-14-10)6-20-9-5-7(12(16)17)3-4-8(9)15(18)19/h3-5H,2,6H2,1H3,(H,16,17). The third-order valence-electron chi connectivity index (χ3n) is 2.58. The Kier molecular flexibility index (Phi) is 4.12. The number of benzene rings is 1. The topological polar surface area (TPSA) is 129 Å². The van der Waals surface area contributed by atoms with Crippen LogP contribution in [0.4, 0.5) is 5.69 Å². The summed E-state index contributed by atoms with van der Waals surface area (Å²) in [6.45, 7) is 1.66. The zero-order valence-corrected chi connectivity index (χ0v) is 11.0. The van der Waals surface area contributed by atoms with Crippen molar-refractivity contribution >= 4 is 11.7 Å². The Labute approximate surface area is 118 Å². The number of aromatic carboxylic acids is 1. The molecule has 0 aliphatic rings. The van der Waals surface area contributed by atoms with E-state index in [9.17, 15) is 14.9 Å². The first-order valence-electron chi connectivity index (χ1n) is 5.97. The second-order valence-electron chi connectivity index (χ2n) is 3.99. The number of nitro groups is 1. The largest absolute Gasteiger partial charge is 0.478 e. The summed E-state index contributed by atoms with van der Waals surface area (Å²) < 4.78 is 10.1. The van der Waals surface area contributed by atoms with Crippen LogP contribution in [0.3, 0.4) is 0 Å². The van der Waals surface area contributed by atoms with Gasteiger partial charge in [-0.1, -0.05) is 12.1 Å². The summed E-state index contributed by atoms with van der Waals surface area (Å²) in [7, 11) is 0. The lowest BCUT2D eigenvalue weighted by Gasteiger charge is -2.05. The summed E-state index contributed by atoms with van der Waals surface area (Å²) in [5.74, 6) is -0.735. The predicted molar refractivity (Wildman–Crippen MR) is 68.1 cm³/mol. The highest BCUT2D eigenvalue weighted by Gasteiger charge is 2.19. The summed E-state index contributed by atoms with van der Waals surface area (Å²) in [4.78, 5) is 25.1. The lowest BCUT2D eigenvalue weighted by atomic mass is 10.2. The highest BCUT2D eigenvalue weighted by molar-refractivity contribution is 5.88. The number of hydrogen-bond acceptors (Lipinski definition) is 7. The minimum atomic E-state index is -1.21. The average Bonchev–Trinajstić information content (AvgIpc) is 2.92. The van der Waals surface area contributed by atoms with Crippen LogP contribution in [0.2, 0.25) is 0 Å². The molecule has 2 rings (SSSR count). The first-order valence-corrected chi connectivity index (χ1v) is 5.97. The van der Waals surface area contributed by atoms with Crippen LogP contribution in [0, 0.1) is 10.1 Å². The van der Waals surface area contributed by atoms with Gasteiger partial charge in [0.25, 0.3) is 5.89 Å². The lowest BCUT2D eigenvalue weighted by molar-refractivity contribution is -0.386. The van der Waals surface area contributed by atoms with E-state index in [0.29, 0.717) is 12.2 Å². The molecule has 110 valence electrons. The molecule has 0 saturated heterocycles. The van der Waals surface area contributed by atoms with Crippen molar-refractivity contribution in [1.29, 1.82) is 0 Å².